The number of amides is 1. The molecule has 0 saturated carbocycles. The molecule has 23 heavy (non-hydrogen) atoms. The van der Waals surface area contributed by atoms with Crippen molar-refractivity contribution in [3.63, 3.8) is 0 Å². The maximum atomic E-state index is 11.8. The summed E-state index contributed by atoms with van der Waals surface area (Å²) >= 11 is 11.8. The number of nitrogens with one attached hydrogen (secondary N) is 2. The second-order valence-electron chi connectivity index (χ2n) is 5.52. The van der Waals surface area contributed by atoms with Gasteiger partial charge in [-0.15, -0.1) is 12.4 Å². The molecule has 2 N–H and O–H groups in total. The van der Waals surface area contributed by atoms with Crippen LogP contribution in [-0.4, -0.2) is 32.1 Å². The van der Waals surface area contributed by atoms with E-state index in [0.29, 0.717) is 34.7 Å². The van der Waals surface area contributed by atoms with E-state index >= 15 is 0 Å². The number of piperidine rings is 1. The molecule has 0 aliphatic carbocycles. The zero-order valence-electron chi connectivity index (χ0n) is 12.9. The van der Waals surface area contributed by atoms with Gasteiger partial charge >= 0.3 is 0 Å². The Kier molecular flexibility index (Phi) is 9.72. The molecule has 0 bridgehead atoms. The van der Waals surface area contributed by atoms with Crippen molar-refractivity contribution in [2.45, 2.75) is 25.7 Å². The van der Waals surface area contributed by atoms with Crippen molar-refractivity contribution in [3.8, 4) is 5.75 Å². The monoisotopic (exact) mass is 380 g/mol. The molecule has 1 atom stereocenters. The Balaban J connectivity index is 0.00000264. The predicted octanol–water partition coefficient (Wildman–Crippen LogP) is 3.69. The molecule has 1 unspecified atom stereocenters. The van der Waals surface area contributed by atoms with Gasteiger partial charge < -0.3 is 15.4 Å². The highest BCUT2D eigenvalue weighted by Gasteiger charge is 2.12. The van der Waals surface area contributed by atoms with Crippen LogP contribution in [0.15, 0.2) is 18.2 Å². The van der Waals surface area contributed by atoms with Crippen molar-refractivity contribution >= 4 is 41.5 Å². The van der Waals surface area contributed by atoms with Gasteiger partial charge in [0.25, 0.3) is 0 Å². The van der Waals surface area contributed by atoms with Crippen LogP contribution in [0.5, 0.6) is 5.75 Å². The van der Waals surface area contributed by atoms with Crippen molar-refractivity contribution in [3.05, 3.63) is 28.2 Å². The van der Waals surface area contributed by atoms with Crippen LogP contribution in [0.2, 0.25) is 10.0 Å². The topological polar surface area (TPSA) is 50.4 Å². The minimum absolute atomic E-state index is 0. The molecular formula is C16H23Cl3N2O2. The highest BCUT2D eigenvalue weighted by Crippen LogP contribution is 2.27. The fourth-order valence-electron chi connectivity index (χ4n) is 2.52. The van der Waals surface area contributed by atoms with Crippen molar-refractivity contribution in [1.82, 2.24) is 10.6 Å². The van der Waals surface area contributed by atoms with Crippen molar-refractivity contribution in [2.75, 3.05) is 26.2 Å². The SMILES string of the molecule is Cl.O=C(CCOc1ccc(Cl)cc1Cl)NCCC1CCCNC1. The zero-order valence-corrected chi connectivity index (χ0v) is 15.3. The first-order valence-electron chi connectivity index (χ1n) is 7.70. The Morgan fingerprint density at radius 2 is 2.22 bits per heavy atom. The van der Waals surface area contributed by atoms with Gasteiger partial charge in [0.05, 0.1) is 18.1 Å². The first kappa shape index (κ1) is 20.4. The van der Waals surface area contributed by atoms with Gasteiger partial charge in [0, 0.05) is 11.6 Å². The molecule has 1 fully saturated rings. The lowest BCUT2D eigenvalue weighted by molar-refractivity contribution is -0.121. The van der Waals surface area contributed by atoms with Crippen LogP contribution < -0.4 is 15.4 Å². The molecule has 1 aromatic rings. The third kappa shape index (κ3) is 7.62. The third-order valence-electron chi connectivity index (χ3n) is 3.75. The van der Waals surface area contributed by atoms with Crippen LogP contribution in [0.4, 0.5) is 0 Å². The maximum Gasteiger partial charge on any atom is 0.223 e. The van der Waals surface area contributed by atoms with Gasteiger partial charge in [-0.25, -0.2) is 0 Å². The number of ether oxygens (including phenoxy) is 1. The fourth-order valence-corrected chi connectivity index (χ4v) is 2.98. The van der Waals surface area contributed by atoms with Gasteiger partial charge in [0.15, 0.2) is 0 Å². The second-order valence-corrected chi connectivity index (χ2v) is 6.37. The number of hydrogen-bond donors (Lipinski definition) is 2. The molecule has 1 aromatic carbocycles. The van der Waals surface area contributed by atoms with Crippen LogP contribution in [0.1, 0.15) is 25.7 Å². The molecule has 1 aliphatic rings. The van der Waals surface area contributed by atoms with Crippen molar-refractivity contribution in [2.24, 2.45) is 5.92 Å². The summed E-state index contributed by atoms with van der Waals surface area (Å²) in [6, 6.07) is 5.04. The van der Waals surface area contributed by atoms with Crippen molar-refractivity contribution in [1.29, 1.82) is 0 Å². The molecule has 1 heterocycles. The third-order valence-corrected chi connectivity index (χ3v) is 4.28. The van der Waals surface area contributed by atoms with E-state index in [9.17, 15) is 4.79 Å². The lowest BCUT2D eigenvalue weighted by atomic mass is 9.96. The van der Waals surface area contributed by atoms with Crippen LogP contribution in [0.25, 0.3) is 0 Å². The molecule has 0 aromatic heterocycles. The second kappa shape index (κ2) is 11.0. The van der Waals surface area contributed by atoms with Crippen LogP contribution in [0.3, 0.4) is 0 Å². The summed E-state index contributed by atoms with van der Waals surface area (Å²) in [5, 5.41) is 7.34. The number of carbonyl (C=O) groups excluding carboxylic acids is 1. The van der Waals surface area contributed by atoms with E-state index in [-0.39, 0.29) is 18.3 Å². The molecule has 4 nitrogen and oxygen atoms in total. The fraction of sp³-hybridized carbons (Fsp3) is 0.562. The smallest absolute Gasteiger partial charge is 0.223 e. The lowest BCUT2D eigenvalue weighted by Gasteiger charge is -2.22. The summed E-state index contributed by atoms with van der Waals surface area (Å²) in [4.78, 5) is 11.8. The number of carbonyl (C=O) groups is 1. The largest absolute Gasteiger partial charge is 0.491 e. The predicted molar refractivity (Wildman–Crippen MR) is 97.0 cm³/mol. The van der Waals surface area contributed by atoms with Gasteiger partial charge in [-0.3, -0.25) is 4.79 Å². The number of rotatable bonds is 7. The standard InChI is InChI=1S/C16H22Cl2N2O2.ClH/c17-13-3-4-15(14(18)10-13)22-9-6-16(21)20-8-5-12-2-1-7-19-11-12;/h3-4,10,12,19H,1-2,5-9,11H2,(H,20,21);1H. The van der Waals surface area contributed by atoms with Gasteiger partial charge in [0.1, 0.15) is 5.75 Å². The molecule has 1 saturated heterocycles. The van der Waals surface area contributed by atoms with E-state index in [1.807, 2.05) is 0 Å². The summed E-state index contributed by atoms with van der Waals surface area (Å²) < 4.78 is 5.50. The molecule has 1 amide bonds. The quantitative estimate of drug-likeness (QED) is 0.757. The van der Waals surface area contributed by atoms with E-state index in [4.69, 9.17) is 27.9 Å². The molecule has 2 rings (SSSR count). The normalized spacial score (nSPS) is 17.2. The molecule has 1 aliphatic heterocycles. The molecule has 130 valence electrons. The van der Waals surface area contributed by atoms with Crippen LogP contribution >= 0.6 is 35.6 Å². The van der Waals surface area contributed by atoms with Crippen LogP contribution in [0, 0.1) is 5.92 Å². The summed E-state index contributed by atoms with van der Waals surface area (Å²) in [6.07, 6.45) is 3.83. The number of benzene rings is 1. The Labute approximate surface area is 153 Å². The highest BCUT2D eigenvalue weighted by molar-refractivity contribution is 6.35. The average Bonchev–Trinajstić information content (AvgIpc) is 2.50. The number of hydrogen-bond acceptors (Lipinski definition) is 3. The minimum Gasteiger partial charge on any atom is -0.491 e. The van der Waals surface area contributed by atoms with E-state index < -0.39 is 0 Å². The van der Waals surface area contributed by atoms with E-state index in [0.717, 1.165) is 26.1 Å². The Morgan fingerprint density at radius 1 is 1.39 bits per heavy atom. The first-order chi connectivity index (χ1) is 10.6. The van der Waals surface area contributed by atoms with E-state index in [1.165, 1.54) is 12.8 Å². The van der Waals surface area contributed by atoms with Gasteiger partial charge in [-0.1, -0.05) is 23.2 Å². The molecular weight excluding hydrogens is 359 g/mol. The summed E-state index contributed by atoms with van der Waals surface area (Å²) in [5.74, 6) is 1.24. The minimum atomic E-state index is 0. The molecule has 0 spiro atoms. The zero-order chi connectivity index (χ0) is 15.8. The van der Waals surface area contributed by atoms with Gasteiger partial charge in [0.2, 0.25) is 5.91 Å². The lowest BCUT2D eigenvalue weighted by Crippen LogP contribution is -2.33. The summed E-state index contributed by atoms with van der Waals surface area (Å²) in [7, 11) is 0. The van der Waals surface area contributed by atoms with Crippen molar-refractivity contribution < 1.29 is 9.53 Å². The first-order valence-corrected chi connectivity index (χ1v) is 8.46. The van der Waals surface area contributed by atoms with E-state index in [2.05, 4.69) is 10.6 Å². The van der Waals surface area contributed by atoms with Crippen LogP contribution in [-0.2, 0) is 4.79 Å². The Hall–Kier alpha value is -0.680. The summed E-state index contributed by atoms with van der Waals surface area (Å²) in [5.41, 5.74) is 0. The van der Waals surface area contributed by atoms with Gasteiger partial charge in [-0.05, 0) is 56.5 Å². The average molecular weight is 382 g/mol. The van der Waals surface area contributed by atoms with E-state index in [1.54, 1.807) is 18.2 Å². The summed E-state index contributed by atoms with van der Waals surface area (Å²) in [6.45, 7) is 3.21. The maximum absolute atomic E-state index is 11.8. The number of halogens is 3. The molecule has 7 heteroatoms. The van der Waals surface area contributed by atoms with Gasteiger partial charge in [-0.2, -0.15) is 0 Å². The highest BCUT2D eigenvalue weighted by atomic mass is 35.5. The Morgan fingerprint density at radius 3 is 2.91 bits per heavy atom. The molecule has 0 radical (unpaired) electrons. The Bertz CT molecular complexity index is 494.